The molecule has 20 nitrogen and oxygen atoms in total. The summed E-state index contributed by atoms with van der Waals surface area (Å²) in [5, 5.41) is 38.2. The summed E-state index contributed by atoms with van der Waals surface area (Å²) in [5.74, 6) is -5.27. The third-order valence-corrected chi connectivity index (χ3v) is 13.2. The van der Waals surface area contributed by atoms with E-state index in [-0.39, 0.29) is 57.5 Å². The number of amides is 5. The average Bonchev–Trinajstić information content (AvgIpc) is 4.20. The Balaban J connectivity index is 1.04. The highest BCUT2D eigenvalue weighted by molar-refractivity contribution is 5.97. The van der Waals surface area contributed by atoms with E-state index in [2.05, 4.69) is 51.8 Å². The standard InChI is InChI=1S/C56H61N13O7/c57-42(26-37-29-62-43-17-8-6-15-40(37)43)50(70)66-48(28-39-31-60-32-64-39)54(74)68-46(24-33-11-2-1-3-12-33)52(72)65-45(19-10-22-61-56(58)59)51(71)67-47(25-34-20-21-35-13-4-5-14-36(35)23-34)53(73)69-49(55(75)76)27-38-30-63-44-18-9-7-16-41(38)44/h1-9,11-18,20-21,23,29-32,42,45-49,62-63H,10,19,22,24-28,57H2,(H,60,64)(H,65,72)(H,66,70)(H,67,71)(H,68,74)(H,69,73)(H,75,76)(H4,58,59,61)/t42-,45-,46+,47-,48-,49+/m0/s1. The first-order valence-corrected chi connectivity index (χ1v) is 24.9. The number of para-hydroxylation sites is 2. The molecule has 5 aromatic carbocycles. The summed E-state index contributed by atoms with van der Waals surface area (Å²) in [6.07, 6.45) is 6.59. The van der Waals surface area contributed by atoms with Crippen molar-refractivity contribution in [2.24, 2.45) is 11.5 Å². The van der Waals surface area contributed by atoms with E-state index < -0.39 is 71.8 Å². The topological polar surface area (TPSA) is 331 Å². The summed E-state index contributed by atoms with van der Waals surface area (Å²) >= 11 is 0. The van der Waals surface area contributed by atoms with Crippen LogP contribution in [0.5, 0.6) is 0 Å². The van der Waals surface area contributed by atoms with Crippen LogP contribution in [-0.2, 0) is 60.9 Å². The molecule has 20 heteroatoms. The van der Waals surface area contributed by atoms with Crippen molar-refractivity contribution >= 4 is 74.0 Å². The molecule has 0 aliphatic heterocycles. The van der Waals surface area contributed by atoms with Gasteiger partial charge in [-0.25, -0.2) is 9.78 Å². The number of hydrogen-bond acceptors (Lipinski definition) is 9. The summed E-state index contributed by atoms with van der Waals surface area (Å²) in [6, 6.07) is 29.4. The Morgan fingerprint density at radius 1 is 0.553 bits per heavy atom. The molecule has 5 amide bonds. The molecule has 76 heavy (non-hydrogen) atoms. The lowest BCUT2D eigenvalue weighted by Gasteiger charge is -2.27. The van der Waals surface area contributed by atoms with Gasteiger partial charge in [0, 0.05) is 72.6 Å². The molecule has 8 rings (SSSR count). The lowest BCUT2D eigenvalue weighted by molar-refractivity contribution is -0.142. The molecule has 0 fully saturated rings. The van der Waals surface area contributed by atoms with Crippen molar-refractivity contribution < 1.29 is 33.9 Å². The Morgan fingerprint density at radius 3 is 1.70 bits per heavy atom. The number of benzene rings is 5. The molecule has 392 valence electrons. The van der Waals surface area contributed by atoms with Crippen LogP contribution in [0.4, 0.5) is 0 Å². The van der Waals surface area contributed by atoms with Crippen molar-refractivity contribution in [3.8, 4) is 0 Å². The number of aromatic amines is 3. The van der Waals surface area contributed by atoms with Crippen LogP contribution < -0.4 is 43.4 Å². The van der Waals surface area contributed by atoms with Crippen molar-refractivity contribution in [3.05, 3.63) is 174 Å². The van der Waals surface area contributed by atoms with Crippen molar-refractivity contribution in [1.29, 1.82) is 5.41 Å². The maximum absolute atomic E-state index is 14.7. The van der Waals surface area contributed by atoms with E-state index in [1.807, 2.05) is 91.0 Å². The maximum Gasteiger partial charge on any atom is 0.326 e. The van der Waals surface area contributed by atoms with Gasteiger partial charge in [-0.05, 0) is 64.4 Å². The average molecular weight is 1030 g/mol. The normalized spacial score (nSPS) is 13.6. The van der Waals surface area contributed by atoms with Gasteiger partial charge in [0.1, 0.15) is 30.2 Å². The molecule has 8 aromatic rings. The molecule has 0 saturated heterocycles. The highest BCUT2D eigenvalue weighted by atomic mass is 16.4. The minimum Gasteiger partial charge on any atom is -0.480 e. The van der Waals surface area contributed by atoms with Crippen molar-refractivity contribution in [3.63, 3.8) is 0 Å². The number of carboxylic acid groups (broad SMARTS) is 1. The number of carbonyl (C=O) groups excluding carboxylic acids is 5. The quantitative estimate of drug-likeness (QED) is 0.0224. The summed E-state index contributed by atoms with van der Waals surface area (Å²) in [5.41, 5.74) is 17.0. The lowest BCUT2D eigenvalue weighted by atomic mass is 9.99. The first-order chi connectivity index (χ1) is 36.8. The Bertz CT molecular complexity index is 3320. The number of aliphatic carboxylic acids is 1. The van der Waals surface area contributed by atoms with Crippen LogP contribution >= 0.6 is 0 Å². The number of nitrogens with one attached hydrogen (secondary N) is 10. The van der Waals surface area contributed by atoms with Gasteiger partial charge >= 0.3 is 5.97 Å². The minimum atomic E-state index is -1.39. The molecule has 0 radical (unpaired) electrons. The van der Waals surface area contributed by atoms with Crippen LogP contribution in [0.15, 0.2) is 146 Å². The van der Waals surface area contributed by atoms with Crippen molar-refractivity contribution in [2.75, 3.05) is 6.54 Å². The monoisotopic (exact) mass is 1030 g/mol. The second-order valence-electron chi connectivity index (χ2n) is 18.7. The van der Waals surface area contributed by atoms with E-state index in [4.69, 9.17) is 16.9 Å². The van der Waals surface area contributed by atoms with Gasteiger partial charge in [0.2, 0.25) is 29.5 Å². The second-order valence-corrected chi connectivity index (χ2v) is 18.7. The SMILES string of the molecule is N=C(N)NCCC[C@H](NC(=O)[C@@H](Cc1ccccc1)NC(=O)[C@H](Cc1c[nH]cn1)NC(=O)[C@@H](N)Cc1c[nH]c2ccccc12)C(=O)N[C@@H](Cc1ccc2ccccc2c1)C(=O)N[C@H](Cc1c[nH]c2ccccc12)C(=O)O. The number of carbonyl (C=O) groups is 6. The predicted molar refractivity (Wildman–Crippen MR) is 289 cm³/mol. The fourth-order valence-corrected chi connectivity index (χ4v) is 9.21. The van der Waals surface area contributed by atoms with Crippen LogP contribution in [0.25, 0.3) is 32.6 Å². The van der Waals surface area contributed by atoms with Crippen molar-refractivity contribution in [1.82, 2.24) is 51.8 Å². The van der Waals surface area contributed by atoms with E-state index >= 15 is 0 Å². The highest BCUT2D eigenvalue weighted by Crippen LogP contribution is 2.22. The molecular formula is C56H61N13O7. The van der Waals surface area contributed by atoms with E-state index in [1.165, 1.54) is 6.33 Å². The van der Waals surface area contributed by atoms with Crippen LogP contribution in [0.3, 0.4) is 0 Å². The van der Waals surface area contributed by atoms with E-state index in [9.17, 15) is 33.9 Å². The number of rotatable bonds is 25. The molecule has 0 unspecified atom stereocenters. The summed E-state index contributed by atoms with van der Waals surface area (Å²) in [4.78, 5) is 98.5. The number of guanidine groups is 1. The number of carboxylic acids is 1. The first-order valence-electron chi connectivity index (χ1n) is 24.9. The predicted octanol–water partition coefficient (Wildman–Crippen LogP) is 3.14. The second kappa shape index (κ2) is 25.1. The van der Waals surface area contributed by atoms with Gasteiger partial charge in [0.25, 0.3) is 0 Å². The largest absolute Gasteiger partial charge is 0.480 e. The third kappa shape index (κ3) is 14.0. The molecule has 3 heterocycles. The molecule has 0 aliphatic carbocycles. The Labute approximate surface area is 437 Å². The zero-order valence-electron chi connectivity index (χ0n) is 41.5. The summed E-state index contributed by atoms with van der Waals surface area (Å²) < 4.78 is 0. The summed E-state index contributed by atoms with van der Waals surface area (Å²) in [6.45, 7) is 0.144. The van der Waals surface area contributed by atoms with Gasteiger partial charge in [-0.2, -0.15) is 0 Å². The fourth-order valence-electron chi connectivity index (χ4n) is 9.21. The molecule has 0 spiro atoms. The fraction of sp³-hybridized carbons (Fsp3) is 0.250. The van der Waals surface area contributed by atoms with Gasteiger partial charge in [-0.15, -0.1) is 0 Å². The molecule has 15 N–H and O–H groups in total. The molecule has 6 atom stereocenters. The number of aromatic nitrogens is 4. The number of hydrogen-bond donors (Lipinski definition) is 13. The van der Waals surface area contributed by atoms with E-state index in [0.29, 0.717) is 22.4 Å². The number of fused-ring (bicyclic) bond motifs is 3. The van der Waals surface area contributed by atoms with Crippen LogP contribution in [0.2, 0.25) is 0 Å². The van der Waals surface area contributed by atoms with Gasteiger partial charge in [-0.1, -0.05) is 109 Å². The Hall–Kier alpha value is -9.30. The zero-order valence-corrected chi connectivity index (χ0v) is 41.5. The number of nitrogens with two attached hydrogens (primary N) is 2. The molecule has 0 aliphatic rings. The minimum absolute atomic E-state index is 0.0291. The van der Waals surface area contributed by atoms with Crippen LogP contribution in [0, 0.1) is 5.41 Å². The molecule has 0 bridgehead atoms. The van der Waals surface area contributed by atoms with Crippen molar-refractivity contribution in [2.45, 2.75) is 81.2 Å². The Kier molecular flexibility index (Phi) is 17.5. The molecular weight excluding hydrogens is 967 g/mol. The molecule has 0 saturated carbocycles. The first kappa shape index (κ1) is 53.0. The van der Waals surface area contributed by atoms with E-state index in [0.717, 1.165) is 38.1 Å². The zero-order chi connectivity index (χ0) is 53.6. The number of nitrogens with zero attached hydrogens (tertiary/aromatic N) is 1. The van der Waals surface area contributed by atoms with Crippen LogP contribution in [-0.4, -0.2) is 109 Å². The van der Waals surface area contributed by atoms with E-state index in [1.54, 1.807) is 48.9 Å². The number of imidazole rings is 1. The highest BCUT2D eigenvalue weighted by Gasteiger charge is 2.34. The smallest absolute Gasteiger partial charge is 0.326 e. The van der Waals surface area contributed by atoms with Crippen LogP contribution in [0.1, 0.15) is 40.8 Å². The summed E-state index contributed by atoms with van der Waals surface area (Å²) in [7, 11) is 0. The Morgan fingerprint density at radius 2 is 1.08 bits per heavy atom. The van der Waals surface area contributed by atoms with Gasteiger partial charge < -0.3 is 63.4 Å². The van der Waals surface area contributed by atoms with Gasteiger partial charge in [0.05, 0.1) is 18.1 Å². The van der Waals surface area contributed by atoms with Gasteiger partial charge in [0.15, 0.2) is 5.96 Å². The third-order valence-electron chi connectivity index (χ3n) is 13.2. The lowest BCUT2D eigenvalue weighted by Crippen LogP contribution is -2.60. The number of H-pyrrole nitrogens is 3. The van der Waals surface area contributed by atoms with Gasteiger partial charge in [-0.3, -0.25) is 29.4 Å². The maximum atomic E-state index is 14.7. The molecule has 3 aromatic heterocycles.